The minimum atomic E-state index is -2.49. The first-order chi connectivity index (χ1) is 21.8. The zero-order valence-corrected chi connectivity index (χ0v) is 30.9. The van der Waals surface area contributed by atoms with E-state index in [-0.39, 0.29) is 7.43 Å². The van der Waals surface area contributed by atoms with E-state index in [2.05, 4.69) is 79.2 Å². The fraction of sp³-hybridized carbons (Fsp3) is 0.448. The molecule has 3 N–H and O–H groups in total. The van der Waals surface area contributed by atoms with Gasteiger partial charge >= 0.3 is 17.6 Å². The van der Waals surface area contributed by atoms with Gasteiger partial charge in [0.15, 0.2) is 5.16 Å². The summed E-state index contributed by atoms with van der Waals surface area (Å²) in [7, 11) is 4.89. The van der Waals surface area contributed by atoms with E-state index in [9.17, 15) is 0 Å². The van der Waals surface area contributed by atoms with E-state index in [4.69, 9.17) is 38.2 Å². The minimum absolute atomic E-state index is 0. The number of nitrogens with zero attached hydrogens (tertiary/aromatic N) is 3. The van der Waals surface area contributed by atoms with Crippen molar-refractivity contribution in [3.8, 4) is 0 Å². The van der Waals surface area contributed by atoms with Crippen molar-refractivity contribution >= 4 is 53.2 Å². The second-order valence-electron chi connectivity index (χ2n) is 9.30. The van der Waals surface area contributed by atoms with Gasteiger partial charge in [-0.3, -0.25) is 10.2 Å². The van der Waals surface area contributed by atoms with Gasteiger partial charge in [0, 0.05) is 66.4 Å². The number of rotatable bonds is 16. The molecule has 0 bridgehead atoms. The molecular formula is C29H47ClN6O6S2Si2. The quantitative estimate of drug-likeness (QED) is 0.0506. The van der Waals surface area contributed by atoms with Gasteiger partial charge in [-0.25, -0.2) is 10.2 Å². The normalized spacial score (nSPS) is 11.1. The van der Waals surface area contributed by atoms with Crippen LogP contribution in [0.2, 0.25) is 12.1 Å². The Labute approximate surface area is 289 Å². The molecule has 2 heterocycles. The Bertz CT molecular complexity index is 1330. The molecule has 2 aromatic carbocycles. The van der Waals surface area contributed by atoms with Gasteiger partial charge in [0.1, 0.15) is 11.0 Å². The Morgan fingerprint density at radius 3 is 1.50 bits per heavy atom. The van der Waals surface area contributed by atoms with Crippen molar-refractivity contribution in [3.63, 3.8) is 0 Å². The minimum Gasteiger partial charge on any atom is -0.377 e. The second kappa shape index (κ2) is 23.2. The number of hydrogen-bond donors (Lipinski definition) is 3. The van der Waals surface area contributed by atoms with Crippen LogP contribution in [0.25, 0.3) is 0 Å². The summed E-state index contributed by atoms with van der Waals surface area (Å²) in [5, 5.41) is 16.1. The molecule has 0 amide bonds. The molecule has 0 aliphatic heterocycles. The van der Waals surface area contributed by atoms with Crippen LogP contribution < -0.4 is 0 Å². The monoisotopic (exact) mass is 730 g/mol. The van der Waals surface area contributed by atoms with E-state index < -0.39 is 17.6 Å². The Kier molecular flexibility index (Phi) is 21.0. The maximum absolute atomic E-state index is 5.74. The van der Waals surface area contributed by atoms with Crippen molar-refractivity contribution in [3.05, 3.63) is 87.9 Å². The third-order valence-electron chi connectivity index (χ3n) is 6.70. The Morgan fingerprint density at radius 1 is 0.717 bits per heavy atom. The number of aromatic amines is 3. The molecule has 0 spiro atoms. The van der Waals surface area contributed by atoms with Crippen LogP contribution in [0, 0.1) is 4.64 Å². The van der Waals surface area contributed by atoms with Gasteiger partial charge in [-0.15, -0.1) is 11.6 Å². The number of aryl methyl sites for hydroxylation is 2. The highest BCUT2D eigenvalue weighted by Gasteiger charge is 2.37. The van der Waals surface area contributed by atoms with Gasteiger partial charge in [-0.2, -0.15) is 10.2 Å². The number of hydrogen-bond acceptors (Lipinski definition) is 11. The zero-order valence-electron chi connectivity index (χ0n) is 26.5. The molecule has 0 aliphatic rings. The molecule has 12 nitrogen and oxygen atoms in total. The fourth-order valence-corrected chi connectivity index (χ4v) is 8.36. The van der Waals surface area contributed by atoms with Crippen LogP contribution in [0.4, 0.5) is 0 Å². The summed E-state index contributed by atoms with van der Waals surface area (Å²) < 4.78 is 33.1. The lowest BCUT2D eigenvalue weighted by Crippen LogP contribution is -2.43. The van der Waals surface area contributed by atoms with Crippen LogP contribution in [-0.2, 0) is 51.0 Å². The molecule has 0 atom stereocenters. The van der Waals surface area contributed by atoms with Gasteiger partial charge in [0.2, 0.25) is 0 Å². The van der Waals surface area contributed by atoms with Crippen molar-refractivity contribution < 1.29 is 26.6 Å². The van der Waals surface area contributed by atoms with E-state index in [1.165, 1.54) is 29.2 Å². The molecule has 256 valence electrons. The number of halogens is 1. The Balaban J connectivity index is 0.000000390. The number of thioether (sulfide) groups is 1. The van der Waals surface area contributed by atoms with Crippen molar-refractivity contribution in [2.45, 2.75) is 49.1 Å². The van der Waals surface area contributed by atoms with E-state index in [1.807, 2.05) is 12.1 Å². The number of H-pyrrole nitrogens is 3. The molecular weight excluding hydrogens is 684 g/mol. The lowest BCUT2D eigenvalue weighted by atomic mass is 10.1. The molecule has 0 saturated carbocycles. The van der Waals surface area contributed by atoms with Crippen LogP contribution in [0.15, 0.2) is 66.2 Å². The highest BCUT2D eigenvalue weighted by atomic mass is 35.5. The average Bonchev–Trinajstić information content (AvgIpc) is 3.81. The predicted octanol–water partition coefficient (Wildman–Crippen LogP) is 6.47. The highest BCUT2D eigenvalue weighted by molar-refractivity contribution is 7.98. The third kappa shape index (κ3) is 14.7. The zero-order chi connectivity index (χ0) is 33.0. The SMILES string of the molecule is C.CO[Si](CCc1ccc(CCl)cc1)(OC)OC.CO[Si](CCc1ccc(CSc2ncn[nH]2)cc1)(OC)OC.S=c1cn[nH][nH]1. The number of alkyl halides is 1. The largest absolute Gasteiger partial charge is 0.500 e. The third-order valence-corrected chi connectivity index (χ3v) is 13.6. The molecule has 0 fully saturated rings. The topological polar surface area (TPSA) is 141 Å². The molecule has 46 heavy (non-hydrogen) atoms. The van der Waals surface area contributed by atoms with Crippen LogP contribution in [0.1, 0.15) is 29.7 Å². The maximum atomic E-state index is 5.74. The van der Waals surface area contributed by atoms with Crippen LogP contribution in [-0.4, -0.2) is 90.9 Å². The van der Waals surface area contributed by atoms with Crippen molar-refractivity contribution in [2.75, 3.05) is 42.7 Å². The average molecular weight is 731 g/mol. The van der Waals surface area contributed by atoms with Gasteiger partial charge in [0.25, 0.3) is 0 Å². The van der Waals surface area contributed by atoms with Crippen LogP contribution in [0.5, 0.6) is 0 Å². The smallest absolute Gasteiger partial charge is 0.377 e. The summed E-state index contributed by atoms with van der Waals surface area (Å²) in [4.78, 5) is 4.09. The summed E-state index contributed by atoms with van der Waals surface area (Å²) in [6, 6.07) is 18.3. The summed E-state index contributed by atoms with van der Waals surface area (Å²) in [6.07, 6.45) is 4.81. The van der Waals surface area contributed by atoms with Crippen molar-refractivity contribution in [2.24, 2.45) is 0 Å². The molecule has 4 rings (SSSR count). The number of benzene rings is 2. The molecule has 0 unspecified atom stereocenters. The van der Waals surface area contributed by atoms with E-state index in [0.29, 0.717) is 10.5 Å². The van der Waals surface area contributed by atoms with Crippen molar-refractivity contribution in [1.29, 1.82) is 0 Å². The first kappa shape index (κ1) is 41.8. The van der Waals surface area contributed by atoms with Crippen LogP contribution >= 0.6 is 35.6 Å². The van der Waals surface area contributed by atoms with Crippen LogP contribution in [0.3, 0.4) is 0 Å². The first-order valence-corrected chi connectivity index (χ1v) is 19.7. The molecule has 0 saturated heterocycles. The van der Waals surface area contributed by atoms with Gasteiger partial charge in [-0.05, 0) is 35.1 Å². The highest BCUT2D eigenvalue weighted by Crippen LogP contribution is 2.21. The molecule has 0 radical (unpaired) electrons. The van der Waals surface area contributed by atoms with Crippen molar-refractivity contribution in [1.82, 2.24) is 30.6 Å². The molecule has 2 aromatic heterocycles. The molecule has 17 heteroatoms. The van der Waals surface area contributed by atoms with Gasteiger partial charge < -0.3 is 26.6 Å². The lowest BCUT2D eigenvalue weighted by Gasteiger charge is -2.24. The first-order valence-electron chi connectivity index (χ1n) is 13.9. The lowest BCUT2D eigenvalue weighted by molar-refractivity contribution is 0.123. The van der Waals surface area contributed by atoms with Gasteiger partial charge in [0.05, 0.1) is 6.20 Å². The number of nitrogens with one attached hydrogen (secondary N) is 3. The summed E-state index contributed by atoms with van der Waals surface area (Å²) >= 11 is 12.0. The molecule has 0 aliphatic carbocycles. The Hall–Kier alpha value is -2.23. The van der Waals surface area contributed by atoms with E-state index >= 15 is 0 Å². The second-order valence-corrected chi connectivity index (χ2v) is 17.1. The van der Waals surface area contributed by atoms with E-state index in [0.717, 1.165) is 41.4 Å². The molecule has 4 aromatic rings. The fourth-order valence-electron chi connectivity index (χ4n) is 3.93. The standard InChI is InChI=1S/C14H21N3O3SSi.C12H19ClO3Si.C2H3N3S.CH4/c1-18-22(19-2,20-3)9-8-12-4-6-13(7-5-12)10-21-14-15-11-16-17-14;1-14-17(15-2,16-3)9-8-11-4-6-12(10-13)7-5-11;6-2-1-3-5-4-2;/h4-7,11H,8-10H2,1-3H3,(H,15,16,17);4-7H,8-10H2,1-3H3;1H,(H2,3,4,5,6);1H4. The summed E-state index contributed by atoms with van der Waals surface area (Å²) in [5.41, 5.74) is 4.86. The summed E-state index contributed by atoms with van der Waals surface area (Å²) in [5.74, 6) is 1.41. The predicted molar refractivity (Wildman–Crippen MR) is 189 cm³/mol. The van der Waals surface area contributed by atoms with Gasteiger partial charge in [-0.1, -0.05) is 79.9 Å². The summed E-state index contributed by atoms with van der Waals surface area (Å²) in [6.45, 7) is 0. The Morgan fingerprint density at radius 2 is 1.17 bits per heavy atom. The maximum Gasteiger partial charge on any atom is 0.500 e. The van der Waals surface area contributed by atoms with E-state index in [1.54, 1.807) is 54.4 Å². The number of aromatic nitrogens is 6.